The molecule has 1 amide bonds. The molecule has 4 aromatic carbocycles. The molecule has 0 aromatic heterocycles. The van der Waals surface area contributed by atoms with E-state index in [4.69, 9.17) is 14.2 Å². The Morgan fingerprint density at radius 3 is 2.29 bits per heavy atom. The van der Waals surface area contributed by atoms with Crippen LogP contribution in [0.3, 0.4) is 0 Å². The number of ether oxygens (including phenoxy) is 3. The van der Waals surface area contributed by atoms with Crippen LogP contribution >= 0.6 is 0 Å². The molecule has 10 nitrogen and oxygen atoms in total. The molecule has 0 bridgehead atoms. The zero-order valence-corrected chi connectivity index (χ0v) is 30.8. The Bertz CT molecular complexity index is 1860. The number of sulfonamides is 1. The fourth-order valence-corrected chi connectivity index (χ4v) is 8.23. The van der Waals surface area contributed by atoms with E-state index in [-0.39, 0.29) is 36.0 Å². The van der Waals surface area contributed by atoms with Gasteiger partial charge < -0.3 is 24.6 Å². The summed E-state index contributed by atoms with van der Waals surface area (Å²) in [6, 6.07) is 30.3. The standard InChI is InChI=1S/C41H49N3O7S/c1-28-11-21-36(22-12-28)52(47,48)43-37(24-30-8-5-4-6-9-30)40(46)42-34-19-17-33(18-20-34)41-50-38(25-44-23-7-10-35(44)27-49-3)29(2)39(51-41)32-15-13-31(26-45)14-16-32/h4-6,8-9,11-22,29,35,37-39,41,43,45H,7,10,23-27H2,1-3H3,(H,42,46)/t29-,35-,37+,38+,39+,41+/m0/s1. The fraction of sp³-hybridized carbons (Fsp3) is 0.390. The molecule has 2 heterocycles. The number of aliphatic hydroxyl groups is 1. The molecule has 11 heteroatoms. The molecule has 0 aliphatic carbocycles. The summed E-state index contributed by atoms with van der Waals surface area (Å²) >= 11 is 0. The molecule has 0 unspecified atom stereocenters. The van der Waals surface area contributed by atoms with E-state index in [1.165, 1.54) is 12.1 Å². The van der Waals surface area contributed by atoms with Crippen molar-refractivity contribution in [2.75, 3.05) is 32.1 Å². The Kier molecular flexibility index (Phi) is 12.5. The van der Waals surface area contributed by atoms with Crippen LogP contribution in [0.2, 0.25) is 0 Å². The summed E-state index contributed by atoms with van der Waals surface area (Å²) in [5.74, 6) is -0.433. The number of likely N-dealkylation sites (tertiary alicyclic amines) is 1. The summed E-state index contributed by atoms with van der Waals surface area (Å²) in [6.07, 6.45) is 1.34. The van der Waals surface area contributed by atoms with E-state index in [9.17, 15) is 18.3 Å². The maximum Gasteiger partial charge on any atom is 0.242 e. The highest BCUT2D eigenvalue weighted by atomic mass is 32.2. The van der Waals surface area contributed by atoms with E-state index in [1.807, 2.05) is 73.7 Å². The highest BCUT2D eigenvalue weighted by Crippen LogP contribution is 2.42. The number of methoxy groups -OCH3 is 1. The van der Waals surface area contributed by atoms with Crippen LogP contribution < -0.4 is 10.0 Å². The van der Waals surface area contributed by atoms with Crippen LogP contribution in [0.4, 0.5) is 5.69 Å². The maximum atomic E-state index is 13.7. The number of hydrogen-bond acceptors (Lipinski definition) is 8. The highest BCUT2D eigenvalue weighted by Gasteiger charge is 2.40. The molecule has 52 heavy (non-hydrogen) atoms. The number of benzene rings is 4. The lowest BCUT2D eigenvalue weighted by molar-refractivity contribution is -0.276. The van der Waals surface area contributed by atoms with Crippen molar-refractivity contribution in [3.05, 3.63) is 131 Å². The number of amides is 1. The highest BCUT2D eigenvalue weighted by molar-refractivity contribution is 7.89. The number of anilines is 1. The van der Waals surface area contributed by atoms with Gasteiger partial charge in [-0.05, 0) is 73.7 Å². The SMILES string of the molecule is COC[C@@H]1CCCN1C[C@H]1O[C@@H](c2ccc(NC(=O)[C@@H](Cc3ccccc3)NS(=O)(=O)c3ccc(C)cc3)cc2)O[C@@H](c2ccc(CO)cc2)[C@H]1C. The second kappa shape index (κ2) is 17.3. The molecule has 2 aliphatic heterocycles. The molecule has 6 atom stereocenters. The Balaban J connectivity index is 1.20. The molecular formula is C41H49N3O7S. The lowest BCUT2D eigenvalue weighted by Gasteiger charge is -2.43. The Hall–Kier alpha value is -3.94. The average Bonchev–Trinajstić information content (AvgIpc) is 3.59. The van der Waals surface area contributed by atoms with Gasteiger partial charge in [0, 0.05) is 36.9 Å². The van der Waals surface area contributed by atoms with Crippen molar-refractivity contribution in [3.63, 3.8) is 0 Å². The Morgan fingerprint density at radius 2 is 1.62 bits per heavy atom. The van der Waals surface area contributed by atoms with Gasteiger partial charge in [0.25, 0.3) is 0 Å². The van der Waals surface area contributed by atoms with Crippen molar-refractivity contribution in [2.45, 2.75) is 75.2 Å². The molecule has 0 radical (unpaired) electrons. The molecule has 0 saturated carbocycles. The second-order valence-electron chi connectivity index (χ2n) is 13.9. The molecule has 2 fully saturated rings. The monoisotopic (exact) mass is 727 g/mol. The molecule has 0 spiro atoms. The Morgan fingerprint density at radius 1 is 0.923 bits per heavy atom. The first-order valence-corrected chi connectivity index (χ1v) is 19.4. The predicted octanol–water partition coefficient (Wildman–Crippen LogP) is 5.92. The molecule has 2 aliphatic rings. The number of nitrogens with zero attached hydrogens (tertiary/aromatic N) is 1. The van der Waals surface area contributed by atoms with Crippen LogP contribution in [0.15, 0.2) is 108 Å². The van der Waals surface area contributed by atoms with Gasteiger partial charge in [-0.2, -0.15) is 4.72 Å². The maximum absolute atomic E-state index is 13.7. The third-order valence-corrected chi connectivity index (χ3v) is 11.6. The number of rotatable bonds is 14. The largest absolute Gasteiger partial charge is 0.392 e. The lowest BCUT2D eigenvalue weighted by atomic mass is 9.90. The smallest absolute Gasteiger partial charge is 0.242 e. The van der Waals surface area contributed by atoms with Gasteiger partial charge in [0.15, 0.2) is 6.29 Å². The van der Waals surface area contributed by atoms with Crippen molar-refractivity contribution in [2.24, 2.45) is 5.92 Å². The summed E-state index contributed by atoms with van der Waals surface area (Å²) in [5.41, 5.74) is 4.91. The minimum atomic E-state index is -3.98. The number of carbonyl (C=O) groups is 1. The van der Waals surface area contributed by atoms with Crippen molar-refractivity contribution in [1.29, 1.82) is 0 Å². The minimum Gasteiger partial charge on any atom is -0.392 e. The van der Waals surface area contributed by atoms with Crippen molar-refractivity contribution < 1.29 is 32.5 Å². The quantitative estimate of drug-likeness (QED) is 0.146. The van der Waals surface area contributed by atoms with E-state index in [0.29, 0.717) is 18.3 Å². The number of aliphatic hydroxyl groups excluding tert-OH is 1. The normalized spacial score (nSPS) is 23.0. The number of aryl methyl sites for hydroxylation is 1. The Labute approximate surface area is 307 Å². The van der Waals surface area contributed by atoms with Gasteiger partial charge in [0.2, 0.25) is 15.9 Å². The lowest BCUT2D eigenvalue weighted by Crippen LogP contribution is -2.46. The summed E-state index contributed by atoms with van der Waals surface area (Å²) in [6.45, 7) is 6.43. The topological polar surface area (TPSA) is 126 Å². The van der Waals surface area contributed by atoms with Gasteiger partial charge >= 0.3 is 0 Å². The van der Waals surface area contributed by atoms with Crippen molar-refractivity contribution in [1.82, 2.24) is 9.62 Å². The third kappa shape index (κ3) is 9.34. The molecule has 2 saturated heterocycles. The summed E-state index contributed by atoms with van der Waals surface area (Å²) in [4.78, 5) is 16.3. The number of carbonyl (C=O) groups excluding carboxylic acids is 1. The van der Waals surface area contributed by atoms with Crippen LogP contribution in [0.25, 0.3) is 0 Å². The molecular weight excluding hydrogens is 679 g/mol. The van der Waals surface area contributed by atoms with Gasteiger partial charge in [-0.15, -0.1) is 0 Å². The van der Waals surface area contributed by atoms with Crippen molar-refractivity contribution in [3.8, 4) is 0 Å². The molecule has 276 valence electrons. The number of nitrogens with one attached hydrogen (secondary N) is 2. The first kappa shape index (κ1) is 37.8. The molecule has 4 aromatic rings. The van der Waals surface area contributed by atoms with Crippen LogP contribution in [0, 0.1) is 12.8 Å². The van der Waals surface area contributed by atoms with Crippen molar-refractivity contribution >= 4 is 21.6 Å². The molecule has 3 N–H and O–H groups in total. The summed E-state index contributed by atoms with van der Waals surface area (Å²) < 4.78 is 48.2. The van der Waals surface area contributed by atoms with E-state index in [1.54, 1.807) is 31.4 Å². The van der Waals surface area contributed by atoms with Gasteiger partial charge in [-0.25, -0.2) is 8.42 Å². The predicted molar refractivity (Wildman–Crippen MR) is 200 cm³/mol. The minimum absolute atomic E-state index is 0.0277. The van der Waals surface area contributed by atoms with Crippen LogP contribution in [0.1, 0.15) is 60.0 Å². The van der Waals surface area contributed by atoms with E-state index in [0.717, 1.165) is 53.7 Å². The van der Waals surface area contributed by atoms with E-state index < -0.39 is 28.3 Å². The van der Waals surface area contributed by atoms with Crippen LogP contribution in [0.5, 0.6) is 0 Å². The van der Waals surface area contributed by atoms with E-state index >= 15 is 0 Å². The van der Waals surface area contributed by atoms with Crippen LogP contribution in [-0.4, -0.2) is 69.3 Å². The van der Waals surface area contributed by atoms with Gasteiger partial charge in [-0.1, -0.05) is 91.3 Å². The third-order valence-electron chi connectivity index (χ3n) is 10.1. The average molecular weight is 728 g/mol. The zero-order valence-electron chi connectivity index (χ0n) is 30.0. The second-order valence-corrected chi connectivity index (χ2v) is 15.6. The fourth-order valence-electron chi connectivity index (χ4n) is 7.04. The first-order valence-electron chi connectivity index (χ1n) is 17.9. The van der Waals surface area contributed by atoms with E-state index in [2.05, 4.69) is 21.9 Å². The van der Waals surface area contributed by atoms with Gasteiger partial charge in [-0.3, -0.25) is 9.69 Å². The number of hydrogen-bond donors (Lipinski definition) is 3. The van der Waals surface area contributed by atoms with Gasteiger partial charge in [0.05, 0.1) is 30.3 Å². The first-order chi connectivity index (χ1) is 25.1. The van der Waals surface area contributed by atoms with Crippen LogP contribution in [-0.2, 0) is 42.1 Å². The molecule has 6 rings (SSSR count). The zero-order chi connectivity index (χ0) is 36.7. The summed E-state index contributed by atoms with van der Waals surface area (Å²) in [5, 5.41) is 12.5. The van der Waals surface area contributed by atoms with Gasteiger partial charge in [0.1, 0.15) is 6.04 Å². The summed E-state index contributed by atoms with van der Waals surface area (Å²) in [7, 11) is -2.24.